The largest absolute Gasteiger partial charge is 0.486 e. The van der Waals surface area contributed by atoms with Crippen LogP contribution >= 0.6 is 11.3 Å². The number of aryl methyl sites for hydroxylation is 2. The molecule has 0 bridgehead atoms. The van der Waals surface area contributed by atoms with Crippen LogP contribution in [0.3, 0.4) is 0 Å². The van der Waals surface area contributed by atoms with E-state index in [2.05, 4.69) is 33.2 Å². The number of benzene rings is 2. The molecule has 0 spiro atoms. The zero-order chi connectivity index (χ0) is 30.4. The first-order valence-electron chi connectivity index (χ1n) is 14.5. The van der Waals surface area contributed by atoms with E-state index < -0.39 is 11.8 Å². The molecule has 0 aliphatic carbocycles. The Bertz CT molecular complexity index is 2060. The quantitative estimate of drug-likeness (QED) is 0.169. The van der Waals surface area contributed by atoms with Crippen molar-refractivity contribution in [1.29, 1.82) is 0 Å². The van der Waals surface area contributed by atoms with Crippen molar-refractivity contribution in [2.45, 2.75) is 41.0 Å². The van der Waals surface area contributed by atoms with Gasteiger partial charge in [0.15, 0.2) is 0 Å². The third-order valence-corrected chi connectivity index (χ3v) is 7.57. The molecule has 0 unspecified atom stereocenters. The fraction of sp³-hybridized carbons (Fsp3) is 0.194. The maximum absolute atomic E-state index is 8.74. The van der Waals surface area contributed by atoms with Crippen LogP contribution in [-0.2, 0) is 26.5 Å². The molecule has 213 valence electrons. The number of thiophene rings is 1. The van der Waals surface area contributed by atoms with Gasteiger partial charge in [-0.3, -0.25) is 0 Å². The second kappa shape index (κ2) is 12.3. The minimum atomic E-state index is -1.47. The summed E-state index contributed by atoms with van der Waals surface area (Å²) in [6, 6.07) is 28.2. The monoisotopic (exact) mass is 748 g/mol. The number of fused-ring (bicyclic) bond motifs is 4. The Morgan fingerprint density at radius 3 is 2.50 bits per heavy atom. The SMILES string of the molecule is Cc1ccc(-c2[c-]cccc2)nc1.[2H]C([2H])(c1csc2c(-c3[c-]ccc4c3oc3nc(C)ccc34)nccc12)C(C)(C)C.[Ir]. The van der Waals surface area contributed by atoms with Crippen LogP contribution in [-0.4, -0.2) is 15.0 Å². The summed E-state index contributed by atoms with van der Waals surface area (Å²) < 4.78 is 24.6. The van der Waals surface area contributed by atoms with E-state index in [0.29, 0.717) is 16.9 Å². The molecule has 0 amide bonds. The summed E-state index contributed by atoms with van der Waals surface area (Å²) in [5.74, 6) is 0. The Labute approximate surface area is 267 Å². The van der Waals surface area contributed by atoms with Gasteiger partial charge >= 0.3 is 0 Å². The minimum Gasteiger partial charge on any atom is -0.486 e. The summed E-state index contributed by atoms with van der Waals surface area (Å²) in [7, 11) is 0. The van der Waals surface area contributed by atoms with E-state index in [1.54, 1.807) is 6.20 Å². The molecule has 5 aromatic heterocycles. The van der Waals surface area contributed by atoms with Crippen molar-refractivity contribution in [3.63, 3.8) is 0 Å². The zero-order valence-electron chi connectivity index (χ0n) is 26.1. The van der Waals surface area contributed by atoms with Crippen LogP contribution in [0, 0.1) is 31.4 Å². The smallest absolute Gasteiger partial charge is 0.216 e. The predicted octanol–water partition coefficient (Wildman–Crippen LogP) is 9.81. The zero-order valence-corrected chi connectivity index (χ0v) is 27.3. The first-order valence-corrected chi connectivity index (χ1v) is 14.4. The van der Waals surface area contributed by atoms with Gasteiger partial charge in [0.05, 0.1) is 5.58 Å². The van der Waals surface area contributed by atoms with Gasteiger partial charge in [-0.15, -0.1) is 54.1 Å². The Kier molecular flexibility index (Phi) is 7.93. The van der Waals surface area contributed by atoms with Gasteiger partial charge in [-0.1, -0.05) is 43.9 Å². The molecule has 0 fully saturated rings. The van der Waals surface area contributed by atoms with Crippen molar-refractivity contribution < 1.29 is 27.3 Å². The van der Waals surface area contributed by atoms with Crippen molar-refractivity contribution in [2.75, 3.05) is 0 Å². The van der Waals surface area contributed by atoms with E-state index in [0.717, 1.165) is 49.1 Å². The first kappa shape index (κ1) is 27.2. The maximum atomic E-state index is 8.74. The van der Waals surface area contributed by atoms with E-state index in [9.17, 15) is 0 Å². The summed E-state index contributed by atoms with van der Waals surface area (Å²) in [5, 5.41) is 4.76. The Hall–Kier alpha value is -3.70. The molecular weight excluding hydrogens is 715 g/mol. The molecule has 6 heteroatoms. The van der Waals surface area contributed by atoms with Gasteiger partial charge in [-0.25, -0.2) is 4.98 Å². The van der Waals surface area contributed by atoms with E-state index >= 15 is 0 Å². The van der Waals surface area contributed by atoms with Crippen LogP contribution in [0.25, 0.3) is 54.7 Å². The molecule has 4 nitrogen and oxygen atoms in total. The topological polar surface area (TPSA) is 51.8 Å². The van der Waals surface area contributed by atoms with Gasteiger partial charge in [0.2, 0.25) is 5.71 Å². The second-order valence-electron chi connectivity index (χ2n) is 11.1. The van der Waals surface area contributed by atoms with E-state index in [1.165, 1.54) is 16.9 Å². The van der Waals surface area contributed by atoms with Crippen molar-refractivity contribution in [2.24, 2.45) is 5.41 Å². The van der Waals surface area contributed by atoms with Crippen LogP contribution in [0.4, 0.5) is 0 Å². The van der Waals surface area contributed by atoms with Crippen LogP contribution in [0.2, 0.25) is 0 Å². The van der Waals surface area contributed by atoms with Gasteiger partial charge < -0.3 is 14.4 Å². The molecule has 0 saturated heterocycles. The molecule has 7 rings (SSSR count). The van der Waals surface area contributed by atoms with Gasteiger partial charge in [-0.05, 0) is 71.4 Å². The Balaban J connectivity index is 0.000000230. The van der Waals surface area contributed by atoms with Crippen LogP contribution in [0.5, 0.6) is 0 Å². The molecule has 2 aromatic carbocycles. The van der Waals surface area contributed by atoms with Crippen molar-refractivity contribution >= 4 is 43.5 Å². The number of furan rings is 1. The minimum absolute atomic E-state index is 0. The van der Waals surface area contributed by atoms with Crippen LogP contribution in [0.15, 0.2) is 88.9 Å². The summed E-state index contributed by atoms with van der Waals surface area (Å²) in [4.78, 5) is 13.5. The van der Waals surface area contributed by atoms with E-state index in [-0.39, 0.29) is 20.1 Å². The third-order valence-electron chi connectivity index (χ3n) is 6.57. The molecular formula is C36H31IrN3OS-2. The average Bonchev–Trinajstić information content (AvgIpc) is 3.59. The molecule has 1 radical (unpaired) electrons. The summed E-state index contributed by atoms with van der Waals surface area (Å²) >= 11 is 1.52. The Morgan fingerprint density at radius 2 is 1.76 bits per heavy atom. The fourth-order valence-electron chi connectivity index (χ4n) is 4.71. The summed E-state index contributed by atoms with van der Waals surface area (Å²) in [6.07, 6.45) is 2.14. The number of rotatable bonds is 3. The normalized spacial score (nSPS) is 12.4. The van der Waals surface area contributed by atoms with E-state index in [1.807, 2.05) is 107 Å². The van der Waals surface area contributed by atoms with Crippen molar-refractivity contribution in [3.8, 4) is 22.5 Å². The number of nitrogens with zero attached hydrogens (tertiary/aromatic N) is 3. The van der Waals surface area contributed by atoms with Crippen molar-refractivity contribution in [1.82, 2.24) is 15.0 Å². The standard InChI is InChI=1S/C24H21N2OS.C12H10N.Ir/c1-14-8-9-18-17-6-5-7-19(21(17)27-23(18)26-14)20-22-16(10-11-25-20)15(13-28-22)12-24(2,3)4;1-10-7-8-12(13-9-10)11-5-3-2-4-6-11;/h5-6,8-11,13H,12H2,1-4H3;2-5,7-9H,1H3;/q2*-1;/i12D2;;. The number of hydrogen-bond acceptors (Lipinski definition) is 5. The molecule has 42 heavy (non-hydrogen) atoms. The summed E-state index contributed by atoms with van der Waals surface area (Å²) in [6.45, 7) is 9.76. The number of aromatic nitrogens is 3. The van der Waals surface area contributed by atoms with Crippen LogP contribution < -0.4 is 0 Å². The molecule has 0 aliphatic rings. The average molecular weight is 748 g/mol. The number of pyridine rings is 3. The molecule has 0 aliphatic heterocycles. The number of hydrogen-bond donors (Lipinski definition) is 0. The van der Waals surface area contributed by atoms with Gasteiger partial charge in [0, 0.05) is 56.7 Å². The molecule has 0 atom stereocenters. The maximum Gasteiger partial charge on any atom is 0.216 e. The molecule has 5 heterocycles. The fourth-order valence-corrected chi connectivity index (χ4v) is 5.70. The van der Waals surface area contributed by atoms with Crippen molar-refractivity contribution in [3.05, 3.63) is 113 Å². The third kappa shape index (κ3) is 6.22. The molecule has 0 saturated carbocycles. The first-order chi connectivity index (χ1) is 20.5. The molecule has 7 aromatic rings. The summed E-state index contributed by atoms with van der Waals surface area (Å²) in [5.41, 5.74) is 7.13. The second-order valence-corrected chi connectivity index (χ2v) is 11.9. The predicted molar refractivity (Wildman–Crippen MR) is 170 cm³/mol. The van der Waals surface area contributed by atoms with Crippen LogP contribution in [0.1, 0.15) is 40.3 Å². The van der Waals surface area contributed by atoms with Gasteiger partial charge in [0.1, 0.15) is 0 Å². The Morgan fingerprint density at radius 1 is 0.905 bits per heavy atom. The molecule has 0 N–H and O–H groups in total. The van der Waals surface area contributed by atoms with Gasteiger partial charge in [0.25, 0.3) is 0 Å². The van der Waals surface area contributed by atoms with Gasteiger partial charge in [-0.2, -0.15) is 11.3 Å². The van der Waals surface area contributed by atoms with E-state index in [4.69, 9.17) is 7.16 Å².